The van der Waals surface area contributed by atoms with Crippen molar-refractivity contribution in [1.82, 2.24) is 4.98 Å². The molecule has 1 fully saturated rings. The van der Waals surface area contributed by atoms with Crippen molar-refractivity contribution in [3.63, 3.8) is 0 Å². The number of benzene rings is 1. The topological polar surface area (TPSA) is 71.4 Å². The number of hydrogen-bond donors (Lipinski definition) is 2. The van der Waals surface area contributed by atoms with Crippen LogP contribution in [0.2, 0.25) is 0 Å². The molecule has 0 radical (unpaired) electrons. The van der Waals surface area contributed by atoms with Crippen LogP contribution < -0.4 is 21.5 Å². The Hall–Kier alpha value is -2.79. The Morgan fingerprint density at radius 2 is 1.96 bits per heavy atom. The zero-order valence-electron chi connectivity index (χ0n) is 17.4. The lowest BCUT2D eigenvalue weighted by atomic mass is 10.0. The highest BCUT2D eigenvalue weighted by Gasteiger charge is 2.25. The summed E-state index contributed by atoms with van der Waals surface area (Å²) in [5.74, 6) is 7.47. The van der Waals surface area contributed by atoms with Gasteiger partial charge in [0.05, 0.1) is 5.70 Å². The summed E-state index contributed by atoms with van der Waals surface area (Å²) in [5.41, 5.74) is 13.2. The van der Waals surface area contributed by atoms with Crippen LogP contribution in [0.3, 0.4) is 0 Å². The second kappa shape index (κ2) is 8.07. The normalized spacial score (nSPS) is 17.7. The number of nitrogens with two attached hydrogens (primary N) is 2. The monoisotopic (exact) mass is 377 g/mol. The van der Waals surface area contributed by atoms with Crippen LogP contribution in [0, 0.1) is 12.8 Å². The molecule has 1 aromatic carbocycles. The van der Waals surface area contributed by atoms with Gasteiger partial charge in [-0.1, -0.05) is 26.0 Å². The number of nitrogens with zero attached hydrogens (tertiary/aromatic N) is 3. The van der Waals surface area contributed by atoms with Crippen molar-refractivity contribution in [3.8, 4) is 11.1 Å². The molecule has 3 rings (SSSR count). The molecule has 4 N–H and O–H groups in total. The molecule has 2 aromatic rings. The third kappa shape index (κ3) is 3.90. The maximum atomic E-state index is 6.10. The highest BCUT2D eigenvalue weighted by Crippen LogP contribution is 2.35. The van der Waals surface area contributed by atoms with Gasteiger partial charge in [0.25, 0.3) is 0 Å². The summed E-state index contributed by atoms with van der Waals surface area (Å²) in [5, 5.41) is 1.51. The number of hydrogen-bond acceptors (Lipinski definition) is 5. The van der Waals surface area contributed by atoms with E-state index in [-0.39, 0.29) is 0 Å². The van der Waals surface area contributed by atoms with Crippen molar-refractivity contribution in [3.05, 3.63) is 65.8 Å². The molecule has 1 saturated heterocycles. The SMILES string of the molecule is C=C1CC(CC)CN1c1ccc(-c2ccc(N(N)/C(C)=C(/C)N)nc2)cc1C. The van der Waals surface area contributed by atoms with Crippen molar-refractivity contribution in [2.24, 2.45) is 17.5 Å². The molecule has 0 bridgehead atoms. The van der Waals surface area contributed by atoms with E-state index < -0.39 is 0 Å². The largest absolute Gasteiger partial charge is 0.401 e. The van der Waals surface area contributed by atoms with Crippen LogP contribution >= 0.6 is 0 Å². The molecule has 28 heavy (non-hydrogen) atoms. The quantitative estimate of drug-likeness (QED) is 0.584. The summed E-state index contributed by atoms with van der Waals surface area (Å²) in [6.45, 7) is 13.4. The van der Waals surface area contributed by atoms with E-state index in [9.17, 15) is 0 Å². The molecule has 2 heterocycles. The second-order valence-electron chi connectivity index (χ2n) is 7.70. The smallest absolute Gasteiger partial charge is 0.146 e. The number of allylic oxidation sites excluding steroid dienone is 3. The van der Waals surface area contributed by atoms with Gasteiger partial charge in [-0.2, -0.15) is 0 Å². The van der Waals surface area contributed by atoms with Gasteiger partial charge in [0.1, 0.15) is 5.82 Å². The summed E-state index contributed by atoms with van der Waals surface area (Å²) in [4.78, 5) is 6.87. The lowest BCUT2D eigenvalue weighted by Crippen LogP contribution is -2.31. The number of aryl methyl sites for hydroxylation is 1. The van der Waals surface area contributed by atoms with Crippen molar-refractivity contribution in [2.75, 3.05) is 16.5 Å². The first-order valence-corrected chi connectivity index (χ1v) is 9.82. The van der Waals surface area contributed by atoms with Crippen LogP contribution in [-0.4, -0.2) is 11.5 Å². The molecule has 0 amide bonds. The predicted octanol–water partition coefficient (Wildman–Crippen LogP) is 4.70. The van der Waals surface area contributed by atoms with E-state index >= 15 is 0 Å². The predicted molar refractivity (Wildman–Crippen MR) is 119 cm³/mol. The molecule has 1 atom stereocenters. The minimum Gasteiger partial charge on any atom is -0.401 e. The Bertz CT molecular complexity index is 894. The van der Waals surface area contributed by atoms with Crippen LogP contribution in [-0.2, 0) is 0 Å². The van der Waals surface area contributed by atoms with Gasteiger partial charge in [-0.15, -0.1) is 0 Å². The number of hydrazine groups is 1. The Balaban J connectivity index is 1.83. The fourth-order valence-electron chi connectivity index (χ4n) is 3.64. The van der Waals surface area contributed by atoms with Crippen molar-refractivity contribution in [1.29, 1.82) is 0 Å². The summed E-state index contributed by atoms with van der Waals surface area (Å²) < 4.78 is 0. The first-order chi connectivity index (χ1) is 13.3. The molecular weight excluding hydrogens is 346 g/mol. The van der Waals surface area contributed by atoms with E-state index in [2.05, 4.69) is 48.5 Å². The highest BCUT2D eigenvalue weighted by molar-refractivity contribution is 5.70. The van der Waals surface area contributed by atoms with Crippen molar-refractivity contribution < 1.29 is 0 Å². The van der Waals surface area contributed by atoms with E-state index in [1.807, 2.05) is 32.2 Å². The van der Waals surface area contributed by atoms with E-state index in [0.717, 1.165) is 29.8 Å². The molecule has 1 unspecified atom stereocenters. The van der Waals surface area contributed by atoms with Crippen LogP contribution in [0.15, 0.2) is 60.2 Å². The van der Waals surface area contributed by atoms with Gasteiger partial charge in [-0.3, -0.25) is 5.01 Å². The molecule has 5 heteroatoms. The first-order valence-electron chi connectivity index (χ1n) is 9.82. The molecule has 0 saturated carbocycles. The minimum absolute atomic E-state index is 0.665. The van der Waals surface area contributed by atoms with Gasteiger partial charge in [0.15, 0.2) is 0 Å². The molecule has 0 aliphatic carbocycles. The maximum absolute atomic E-state index is 6.10. The average molecular weight is 378 g/mol. The van der Waals surface area contributed by atoms with Crippen molar-refractivity contribution in [2.45, 2.75) is 40.5 Å². The molecule has 148 valence electrons. The van der Waals surface area contributed by atoms with E-state index in [1.165, 1.54) is 28.4 Å². The summed E-state index contributed by atoms with van der Waals surface area (Å²) in [6.07, 6.45) is 4.14. The Labute approximate surface area is 168 Å². The summed E-state index contributed by atoms with van der Waals surface area (Å²) in [7, 11) is 0. The zero-order chi connectivity index (χ0) is 20.4. The fraction of sp³-hybridized carbons (Fsp3) is 0.348. The minimum atomic E-state index is 0.665. The third-order valence-corrected chi connectivity index (χ3v) is 5.67. The van der Waals surface area contributed by atoms with Crippen LogP contribution in [0.5, 0.6) is 0 Å². The molecule has 1 aromatic heterocycles. The third-order valence-electron chi connectivity index (χ3n) is 5.67. The molecule has 1 aliphatic heterocycles. The van der Waals surface area contributed by atoms with Crippen LogP contribution in [0.1, 0.15) is 39.2 Å². The lowest BCUT2D eigenvalue weighted by molar-refractivity contribution is 0.575. The van der Waals surface area contributed by atoms with E-state index in [0.29, 0.717) is 17.4 Å². The number of rotatable bonds is 5. The van der Waals surface area contributed by atoms with E-state index in [4.69, 9.17) is 11.6 Å². The standard InChI is InChI=1S/C23H31N5/c1-6-19-12-16(3)27(14-19)22-9-7-20(11-15(22)2)21-8-10-23(26-13-21)28(25)18(5)17(4)24/h7-11,13,19H,3,6,12,14,24-25H2,1-2,4-5H3/b18-17-. The van der Waals surface area contributed by atoms with Gasteiger partial charge < -0.3 is 10.6 Å². The Morgan fingerprint density at radius 1 is 1.25 bits per heavy atom. The average Bonchev–Trinajstić information content (AvgIpc) is 3.07. The first kappa shape index (κ1) is 20.0. The van der Waals surface area contributed by atoms with Gasteiger partial charge in [0, 0.05) is 35.4 Å². The maximum Gasteiger partial charge on any atom is 0.146 e. The van der Waals surface area contributed by atoms with Gasteiger partial charge >= 0.3 is 0 Å². The molecule has 0 spiro atoms. The summed E-state index contributed by atoms with van der Waals surface area (Å²) >= 11 is 0. The lowest BCUT2D eigenvalue weighted by Gasteiger charge is -2.23. The van der Waals surface area contributed by atoms with Crippen LogP contribution in [0.25, 0.3) is 11.1 Å². The second-order valence-corrected chi connectivity index (χ2v) is 7.70. The zero-order valence-corrected chi connectivity index (χ0v) is 17.4. The van der Waals surface area contributed by atoms with E-state index in [1.54, 1.807) is 0 Å². The summed E-state index contributed by atoms with van der Waals surface area (Å²) in [6, 6.07) is 10.5. The Morgan fingerprint density at radius 3 is 2.50 bits per heavy atom. The van der Waals surface area contributed by atoms with Crippen molar-refractivity contribution >= 4 is 11.5 Å². The highest BCUT2D eigenvalue weighted by atomic mass is 15.4. The van der Waals surface area contributed by atoms with Crippen LogP contribution in [0.4, 0.5) is 11.5 Å². The molecular formula is C23H31N5. The van der Waals surface area contributed by atoms with Gasteiger partial charge in [-0.25, -0.2) is 10.8 Å². The van der Waals surface area contributed by atoms with Gasteiger partial charge in [0.2, 0.25) is 0 Å². The number of aromatic nitrogens is 1. The Kier molecular flexibility index (Phi) is 5.75. The van der Waals surface area contributed by atoms with Gasteiger partial charge in [-0.05, 0) is 68.5 Å². The number of pyridine rings is 1. The molecule has 1 aliphatic rings. The fourth-order valence-corrected chi connectivity index (χ4v) is 3.64. The number of anilines is 2. The molecule has 5 nitrogen and oxygen atoms in total.